The van der Waals surface area contributed by atoms with E-state index in [-0.39, 0.29) is 5.91 Å². The topological polar surface area (TPSA) is 92.7 Å². The van der Waals surface area contributed by atoms with Gasteiger partial charge < -0.3 is 10.6 Å². The fraction of sp³-hybridized carbons (Fsp3) is 0. The number of hydrogen-bond donors (Lipinski definition) is 2. The van der Waals surface area contributed by atoms with Crippen LogP contribution in [0.1, 0.15) is 10.5 Å². The first-order chi connectivity index (χ1) is 12.3. The molecule has 4 aromatic rings. The molecule has 7 nitrogen and oxygen atoms in total. The number of aromatic nitrogens is 4. The third kappa shape index (κ3) is 3.29. The Bertz CT molecular complexity index is 1030. The third-order valence-corrected chi connectivity index (χ3v) is 4.17. The highest BCUT2D eigenvalue weighted by atomic mass is 32.1. The molecule has 4 rings (SSSR count). The average molecular weight is 348 g/mol. The van der Waals surface area contributed by atoms with E-state index >= 15 is 0 Å². The maximum absolute atomic E-state index is 12.5. The summed E-state index contributed by atoms with van der Waals surface area (Å²) in [6.45, 7) is 0. The summed E-state index contributed by atoms with van der Waals surface area (Å²) in [5, 5.41) is 8.97. The van der Waals surface area contributed by atoms with Crippen LogP contribution >= 0.6 is 11.3 Å². The molecule has 1 aromatic carbocycles. The first-order valence-corrected chi connectivity index (χ1v) is 8.32. The molecule has 0 radical (unpaired) electrons. The Balaban J connectivity index is 1.53. The molecule has 0 saturated carbocycles. The van der Waals surface area contributed by atoms with Crippen LogP contribution in [0.5, 0.6) is 0 Å². The lowest BCUT2D eigenvalue weighted by molar-refractivity contribution is 0.102. The molecule has 3 aromatic heterocycles. The number of nitrogens with one attached hydrogen (secondary N) is 2. The van der Waals surface area contributed by atoms with Crippen molar-refractivity contribution in [2.24, 2.45) is 0 Å². The lowest BCUT2D eigenvalue weighted by Gasteiger charge is -2.06. The van der Waals surface area contributed by atoms with Gasteiger partial charge >= 0.3 is 0 Å². The number of benzene rings is 1. The van der Waals surface area contributed by atoms with Gasteiger partial charge in [-0.2, -0.15) is 0 Å². The second-order valence-corrected chi connectivity index (χ2v) is 5.92. The van der Waals surface area contributed by atoms with Crippen LogP contribution < -0.4 is 10.6 Å². The van der Waals surface area contributed by atoms with Crippen molar-refractivity contribution in [2.45, 2.75) is 0 Å². The SMILES string of the molecule is O=C(Nc1cccc2ncccc12)c1csc(Nc2ncccn2)n1. The van der Waals surface area contributed by atoms with E-state index in [2.05, 4.69) is 30.6 Å². The average Bonchev–Trinajstić information content (AvgIpc) is 3.11. The van der Waals surface area contributed by atoms with Crippen LogP contribution in [0, 0.1) is 0 Å². The molecule has 0 atom stereocenters. The molecule has 122 valence electrons. The van der Waals surface area contributed by atoms with Gasteiger partial charge in [0.25, 0.3) is 5.91 Å². The molecular weight excluding hydrogens is 336 g/mol. The fourth-order valence-electron chi connectivity index (χ4n) is 2.29. The van der Waals surface area contributed by atoms with Crippen molar-refractivity contribution in [3.8, 4) is 0 Å². The molecule has 2 N–H and O–H groups in total. The van der Waals surface area contributed by atoms with Crippen molar-refractivity contribution >= 4 is 44.9 Å². The van der Waals surface area contributed by atoms with Crippen LogP contribution in [0.15, 0.2) is 60.4 Å². The molecular formula is C17H12N6OS. The number of carbonyl (C=O) groups excluding carboxylic acids is 1. The van der Waals surface area contributed by atoms with Gasteiger partial charge in [0.2, 0.25) is 5.95 Å². The first kappa shape index (κ1) is 15.2. The Morgan fingerprint density at radius 3 is 2.68 bits per heavy atom. The standard InChI is InChI=1S/C17H12N6OS/c24-15(21-13-6-1-5-12-11(13)4-2-7-18-12)14-10-25-17(22-14)23-16-19-8-3-9-20-16/h1-10H,(H,21,24)(H,19,20,22,23). The molecule has 25 heavy (non-hydrogen) atoms. The summed E-state index contributed by atoms with van der Waals surface area (Å²) in [6.07, 6.45) is 4.98. The van der Waals surface area contributed by atoms with E-state index in [0.717, 1.165) is 10.9 Å². The zero-order valence-corrected chi connectivity index (χ0v) is 13.7. The van der Waals surface area contributed by atoms with Gasteiger partial charge in [0.05, 0.1) is 11.2 Å². The summed E-state index contributed by atoms with van der Waals surface area (Å²) < 4.78 is 0. The van der Waals surface area contributed by atoms with Crippen LogP contribution in [0.3, 0.4) is 0 Å². The highest BCUT2D eigenvalue weighted by molar-refractivity contribution is 7.14. The van der Waals surface area contributed by atoms with E-state index in [1.807, 2.05) is 30.3 Å². The minimum Gasteiger partial charge on any atom is -0.320 e. The van der Waals surface area contributed by atoms with Crippen molar-refractivity contribution in [2.75, 3.05) is 10.6 Å². The highest BCUT2D eigenvalue weighted by Crippen LogP contribution is 2.23. The van der Waals surface area contributed by atoms with E-state index in [4.69, 9.17) is 0 Å². The van der Waals surface area contributed by atoms with Gasteiger partial charge in [0.15, 0.2) is 5.13 Å². The number of amides is 1. The number of nitrogens with zero attached hydrogens (tertiary/aromatic N) is 4. The zero-order valence-electron chi connectivity index (χ0n) is 12.9. The Morgan fingerprint density at radius 2 is 1.80 bits per heavy atom. The highest BCUT2D eigenvalue weighted by Gasteiger charge is 2.13. The zero-order chi connectivity index (χ0) is 17.1. The molecule has 1 amide bonds. The van der Waals surface area contributed by atoms with Gasteiger partial charge in [-0.05, 0) is 30.3 Å². The van der Waals surface area contributed by atoms with Gasteiger partial charge in [-0.25, -0.2) is 15.0 Å². The molecule has 0 aliphatic carbocycles. The van der Waals surface area contributed by atoms with Crippen molar-refractivity contribution in [1.82, 2.24) is 19.9 Å². The molecule has 8 heteroatoms. The third-order valence-electron chi connectivity index (χ3n) is 3.42. The lowest BCUT2D eigenvalue weighted by atomic mass is 10.2. The quantitative estimate of drug-likeness (QED) is 0.586. The van der Waals surface area contributed by atoms with Crippen LogP contribution in [-0.2, 0) is 0 Å². The normalized spacial score (nSPS) is 10.6. The smallest absolute Gasteiger partial charge is 0.275 e. The predicted molar refractivity (Wildman–Crippen MR) is 97.1 cm³/mol. The lowest BCUT2D eigenvalue weighted by Crippen LogP contribution is -2.12. The Kier molecular flexibility index (Phi) is 4.01. The number of rotatable bonds is 4. The minimum atomic E-state index is -0.283. The summed E-state index contributed by atoms with van der Waals surface area (Å²) >= 11 is 1.31. The Morgan fingerprint density at radius 1 is 0.960 bits per heavy atom. The summed E-state index contributed by atoms with van der Waals surface area (Å²) in [6, 6.07) is 11.1. The number of hydrogen-bond acceptors (Lipinski definition) is 7. The fourth-order valence-corrected chi connectivity index (χ4v) is 2.98. The molecule has 0 aliphatic heterocycles. The van der Waals surface area contributed by atoms with Gasteiger partial charge in [-0.1, -0.05) is 6.07 Å². The summed E-state index contributed by atoms with van der Waals surface area (Å²) in [5.41, 5.74) is 1.84. The molecule has 0 saturated heterocycles. The van der Waals surface area contributed by atoms with Gasteiger partial charge in [-0.15, -0.1) is 11.3 Å². The van der Waals surface area contributed by atoms with E-state index in [1.165, 1.54) is 11.3 Å². The predicted octanol–water partition coefficient (Wildman–Crippen LogP) is 3.48. The second kappa shape index (κ2) is 6.62. The molecule has 0 bridgehead atoms. The van der Waals surface area contributed by atoms with Crippen molar-refractivity contribution in [3.63, 3.8) is 0 Å². The monoisotopic (exact) mass is 348 g/mol. The first-order valence-electron chi connectivity index (χ1n) is 7.44. The summed E-state index contributed by atoms with van der Waals surface area (Å²) in [7, 11) is 0. The van der Waals surface area contributed by atoms with E-state index < -0.39 is 0 Å². The molecule has 0 fully saturated rings. The molecule has 3 heterocycles. The van der Waals surface area contributed by atoms with E-state index in [1.54, 1.807) is 30.0 Å². The van der Waals surface area contributed by atoms with E-state index in [0.29, 0.717) is 22.5 Å². The number of fused-ring (bicyclic) bond motifs is 1. The van der Waals surface area contributed by atoms with Crippen LogP contribution in [0.4, 0.5) is 16.8 Å². The largest absolute Gasteiger partial charge is 0.320 e. The van der Waals surface area contributed by atoms with E-state index in [9.17, 15) is 4.79 Å². The van der Waals surface area contributed by atoms with Crippen molar-refractivity contribution in [1.29, 1.82) is 0 Å². The maximum atomic E-state index is 12.5. The van der Waals surface area contributed by atoms with Crippen LogP contribution in [0.25, 0.3) is 10.9 Å². The molecule has 0 aliphatic rings. The summed E-state index contributed by atoms with van der Waals surface area (Å²) in [4.78, 5) is 29.2. The number of thiazole rings is 1. The number of anilines is 3. The molecule has 0 spiro atoms. The Hall–Kier alpha value is -3.39. The number of carbonyl (C=O) groups is 1. The van der Waals surface area contributed by atoms with Crippen molar-refractivity contribution in [3.05, 3.63) is 66.1 Å². The van der Waals surface area contributed by atoms with Gasteiger partial charge in [0.1, 0.15) is 5.69 Å². The second-order valence-electron chi connectivity index (χ2n) is 5.07. The van der Waals surface area contributed by atoms with Gasteiger partial charge in [0, 0.05) is 29.4 Å². The van der Waals surface area contributed by atoms with Crippen molar-refractivity contribution < 1.29 is 4.79 Å². The van der Waals surface area contributed by atoms with Crippen LogP contribution in [0.2, 0.25) is 0 Å². The maximum Gasteiger partial charge on any atom is 0.275 e. The summed E-state index contributed by atoms with van der Waals surface area (Å²) in [5.74, 6) is 0.151. The minimum absolute atomic E-state index is 0.283. The van der Waals surface area contributed by atoms with Crippen LogP contribution in [-0.4, -0.2) is 25.8 Å². The van der Waals surface area contributed by atoms with Gasteiger partial charge in [-0.3, -0.25) is 9.78 Å². The molecule has 0 unspecified atom stereocenters. The number of pyridine rings is 1. The Labute approximate surface area is 146 Å².